The van der Waals surface area contributed by atoms with Gasteiger partial charge in [-0.1, -0.05) is 38.2 Å². The molecule has 0 aliphatic carbocycles. The van der Waals surface area contributed by atoms with Gasteiger partial charge in [-0.2, -0.15) is 0 Å². The van der Waals surface area contributed by atoms with Gasteiger partial charge in [-0.15, -0.1) is 11.8 Å². The molecule has 0 saturated carbocycles. The number of thioether (sulfide) groups is 1. The Morgan fingerprint density at radius 2 is 1.66 bits per heavy atom. The maximum atomic E-state index is 14.4. The summed E-state index contributed by atoms with van der Waals surface area (Å²) in [6, 6.07) is -1.23. The summed E-state index contributed by atoms with van der Waals surface area (Å²) in [4.78, 5) is 50.5. The molecule has 0 aromatic heterocycles. The van der Waals surface area contributed by atoms with E-state index in [1.54, 1.807) is 16.7 Å². The van der Waals surface area contributed by atoms with Crippen LogP contribution < -0.4 is 0 Å². The van der Waals surface area contributed by atoms with E-state index in [0.29, 0.717) is 45.8 Å². The lowest BCUT2D eigenvalue weighted by Gasteiger charge is -2.40. The Bertz CT molecular complexity index is 996. The van der Waals surface area contributed by atoms with Crippen molar-refractivity contribution in [3.8, 4) is 0 Å². The summed E-state index contributed by atoms with van der Waals surface area (Å²) in [6.45, 7) is 11.9. The molecule has 5 aliphatic rings. The molecule has 1 unspecified atom stereocenters. The van der Waals surface area contributed by atoms with Crippen LogP contribution in [0.25, 0.3) is 0 Å². The fraction of sp³-hybridized carbons (Fsp3) is 0.750. The highest BCUT2D eigenvalue weighted by atomic mass is 32.2. The minimum atomic E-state index is -0.862. The van der Waals surface area contributed by atoms with Crippen LogP contribution in [0, 0.1) is 11.8 Å². The van der Waals surface area contributed by atoms with Crippen LogP contribution >= 0.6 is 11.8 Å². The number of ether oxygens (including phenoxy) is 1. The predicted molar refractivity (Wildman–Crippen MR) is 146 cm³/mol. The van der Waals surface area contributed by atoms with Gasteiger partial charge >= 0.3 is 0 Å². The largest absolute Gasteiger partial charge is 0.394 e. The number of aliphatic hydroxyl groups is 1. The van der Waals surface area contributed by atoms with Crippen molar-refractivity contribution in [1.82, 2.24) is 19.6 Å². The first-order valence-electron chi connectivity index (χ1n) is 14.2. The Morgan fingerprint density at radius 3 is 2.32 bits per heavy atom. The van der Waals surface area contributed by atoms with Gasteiger partial charge in [0.1, 0.15) is 6.04 Å². The molecule has 210 valence electrons. The van der Waals surface area contributed by atoms with Crippen LogP contribution in [0.15, 0.2) is 24.3 Å². The third-order valence-corrected chi connectivity index (χ3v) is 10.8. The number of likely N-dealkylation sites (tertiary alicyclic amines) is 1. The maximum Gasteiger partial charge on any atom is 0.247 e. The number of rotatable bonds is 8. The molecule has 3 amide bonds. The van der Waals surface area contributed by atoms with E-state index in [4.69, 9.17) is 4.74 Å². The Hall–Kier alpha value is -1.88. The summed E-state index contributed by atoms with van der Waals surface area (Å²) < 4.78 is 4.01. The first-order valence-corrected chi connectivity index (χ1v) is 15.0. The SMILES string of the molecule is CCCN1CC=C[C@]2(C)S[C@]34C=CCN(CCN5CCOCC5)C(=O)C3N([C@@H](CC)CO)C(=O)[C@@H]4[C@@H]2C1=O. The van der Waals surface area contributed by atoms with Crippen LogP contribution in [0.5, 0.6) is 0 Å². The third-order valence-electron chi connectivity index (χ3n) is 9.02. The molecule has 10 heteroatoms. The van der Waals surface area contributed by atoms with E-state index in [0.717, 1.165) is 26.1 Å². The molecule has 1 N–H and O–H groups in total. The highest BCUT2D eigenvalue weighted by Gasteiger charge is 2.74. The molecule has 3 fully saturated rings. The lowest BCUT2D eigenvalue weighted by molar-refractivity contribution is -0.147. The van der Waals surface area contributed by atoms with Crippen molar-refractivity contribution in [2.24, 2.45) is 11.8 Å². The highest BCUT2D eigenvalue weighted by Crippen LogP contribution is 2.65. The predicted octanol–water partition coefficient (Wildman–Crippen LogP) is 0.984. The van der Waals surface area contributed by atoms with E-state index < -0.39 is 33.4 Å². The molecule has 0 aromatic rings. The molecular weight excluding hydrogens is 504 g/mol. The molecule has 6 atom stereocenters. The van der Waals surface area contributed by atoms with Gasteiger partial charge < -0.3 is 24.5 Å². The van der Waals surface area contributed by atoms with Gasteiger partial charge in [0, 0.05) is 50.6 Å². The summed E-state index contributed by atoms with van der Waals surface area (Å²) in [6.07, 6.45) is 9.62. The van der Waals surface area contributed by atoms with Gasteiger partial charge in [0.25, 0.3) is 0 Å². The quantitative estimate of drug-likeness (QED) is 0.454. The van der Waals surface area contributed by atoms with Gasteiger partial charge in [0.05, 0.1) is 42.4 Å². The number of carbonyl (C=O) groups excluding carboxylic acids is 3. The first kappa shape index (κ1) is 27.7. The van der Waals surface area contributed by atoms with Gasteiger partial charge in [0.2, 0.25) is 17.7 Å². The second kappa shape index (κ2) is 10.9. The van der Waals surface area contributed by atoms with E-state index in [9.17, 15) is 19.5 Å². The van der Waals surface area contributed by atoms with Crippen molar-refractivity contribution in [3.63, 3.8) is 0 Å². The zero-order chi connectivity index (χ0) is 27.1. The van der Waals surface area contributed by atoms with Crippen molar-refractivity contribution in [3.05, 3.63) is 24.3 Å². The van der Waals surface area contributed by atoms with Crippen LogP contribution in [0.2, 0.25) is 0 Å². The average Bonchev–Trinajstić information content (AvgIpc) is 3.19. The van der Waals surface area contributed by atoms with Crippen molar-refractivity contribution in [2.45, 2.75) is 55.2 Å². The van der Waals surface area contributed by atoms with Gasteiger partial charge in [0.15, 0.2) is 0 Å². The molecular formula is C28H42N4O5S. The summed E-state index contributed by atoms with van der Waals surface area (Å²) in [5.41, 5.74) is 0. The van der Waals surface area contributed by atoms with Crippen molar-refractivity contribution < 1.29 is 24.2 Å². The molecule has 5 heterocycles. The van der Waals surface area contributed by atoms with Crippen molar-refractivity contribution in [2.75, 3.05) is 65.6 Å². The lowest BCUT2D eigenvalue weighted by atomic mass is 9.74. The fourth-order valence-corrected chi connectivity index (χ4v) is 9.27. The molecule has 0 bridgehead atoms. The van der Waals surface area contributed by atoms with Crippen LogP contribution in [-0.4, -0.2) is 130 Å². The van der Waals surface area contributed by atoms with Crippen LogP contribution in [0.3, 0.4) is 0 Å². The monoisotopic (exact) mass is 546 g/mol. The maximum absolute atomic E-state index is 14.4. The number of aliphatic hydroxyl groups excluding tert-OH is 1. The zero-order valence-corrected chi connectivity index (χ0v) is 23.7. The Morgan fingerprint density at radius 1 is 0.974 bits per heavy atom. The van der Waals surface area contributed by atoms with Gasteiger partial charge in [-0.25, -0.2) is 0 Å². The number of hydrogen-bond acceptors (Lipinski definition) is 7. The smallest absolute Gasteiger partial charge is 0.247 e. The molecule has 5 rings (SSSR count). The van der Waals surface area contributed by atoms with E-state index in [-0.39, 0.29) is 24.3 Å². The molecule has 9 nitrogen and oxygen atoms in total. The van der Waals surface area contributed by atoms with E-state index in [1.807, 2.05) is 22.8 Å². The minimum absolute atomic E-state index is 0.00556. The second-order valence-electron chi connectivity index (χ2n) is 11.3. The summed E-state index contributed by atoms with van der Waals surface area (Å²) in [5.74, 6) is -1.48. The zero-order valence-electron chi connectivity index (χ0n) is 22.9. The highest BCUT2D eigenvalue weighted by molar-refractivity contribution is 8.02. The summed E-state index contributed by atoms with van der Waals surface area (Å²) in [7, 11) is 0. The molecule has 38 heavy (non-hydrogen) atoms. The van der Waals surface area contributed by atoms with Crippen LogP contribution in [0.4, 0.5) is 0 Å². The number of amides is 3. The number of hydrogen-bond donors (Lipinski definition) is 1. The lowest BCUT2D eigenvalue weighted by Crippen LogP contribution is -2.57. The topological polar surface area (TPSA) is 93.6 Å². The summed E-state index contributed by atoms with van der Waals surface area (Å²) >= 11 is 1.61. The average molecular weight is 547 g/mol. The second-order valence-corrected chi connectivity index (χ2v) is 13.1. The number of nitrogens with zero attached hydrogens (tertiary/aromatic N) is 4. The first-order chi connectivity index (χ1) is 18.3. The standard InChI is InChI=1S/C28H42N4O5S/c1-4-10-30-11-6-8-27(3)21(24(30)34)22-25(35)32(20(5-2)19-33)23-26(36)31(12-7-9-28(22,23)38-27)14-13-29-15-17-37-18-16-29/h6-9,20-23,33H,4-5,10-19H2,1-3H3/t20-,21+,22-,23?,27-,28-/m0/s1. The van der Waals surface area contributed by atoms with E-state index in [2.05, 4.69) is 37.0 Å². The Labute approximate surface area is 230 Å². The van der Waals surface area contributed by atoms with Gasteiger partial charge in [-0.05, 0) is 19.8 Å². The minimum Gasteiger partial charge on any atom is -0.394 e. The Kier molecular flexibility index (Phi) is 7.97. The van der Waals surface area contributed by atoms with Crippen LogP contribution in [0.1, 0.15) is 33.6 Å². The van der Waals surface area contributed by atoms with E-state index in [1.165, 1.54) is 0 Å². The van der Waals surface area contributed by atoms with E-state index >= 15 is 0 Å². The molecule has 0 radical (unpaired) electrons. The third kappa shape index (κ3) is 4.41. The van der Waals surface area contributed by atoms with Crippen molar-refractivity contribution in [1.29, 1.82) is 0 Å². The number of morpholine rings is 1. The Balaban J connectivity index is 1.53. The normalized spacial score (nSPS) is 36.3. The molecule has 3 saturated heterocycles. The molecule has 0 aromatic carbocycles. The number of fused-ring (bicyclic) bond motifs is 2. The summed E-state index contributed by atoms with van der Waals surface area (Å²) in [5, 5.41) is 10.3. The van der Waals surface area contributed by atoms with Crippen LogP contribution in [-0.2, 0) is 19.1 Å². The number of carbonyl (C=O) groups is 3. The molecule has 1 spiro atoms. The van der Waals surface area contributed by atoms with Gasteiger partial charge in [-0.3, -0.25) is 19.3 Å². The van der Waals surface area contributed by atoms with Crippen molar-refractivity contribution >= 4 is 29.5 Å². The molecule has 5 aliphatic heterocycles. The fourth-order valence-electron chi connectivity index (χ4n) is 7.12.